The van der Waals surface area contributed by atoms with Crippen LogP contribution in [-0.2, 0) is 13.1 Å². The summed E-state index contributed by atoms with van der Waals surface area (Å²) in [6.45, 7) is 10.4. The van der Waals surface area contributed by atoms with E-state index >= 15 is 0 Å². The van der Waals surface area contributed by atoms with E-state index in [9.17, 15) is 0 Å². The quantitative estimate of drug-likeness (QED) is 0.129. The van der Waals surface area contributed by atoms with E-state index in [0.29, 0.717) is 23.4 Å². The molecule has 2 saturated heterocycles. The van der Waals surface area contributed by atoms with Gasteiger partial charge in [0.2, 0.25) is 11.8 Å². The number of fused-ring (bicyclic) bond motifs is 2. The molecule has 0 aliphatic carbocycles. The molecule has 12 rings (SSSR count). The van der Waals surface area contributed by atoms with Gasteiger partial charge in [-0.25, -0.2) is 39.3 Å². The van der Waals surface area contributed by atoms with Gasteiger partial charge in [0.25, 0.3) is 0 Å². The molecule has 68 heavy (non-hydrogen) atoms. The van der Waals surface area contributed by atoms with E-state index in [4.69, 9.17) is 39.6 Å². The number of anilines is 2. The number of aryl methyl sites for hydroxylation is 4. The summed E-state index contributed by atoms with van der Waals surface area (Å²) >= 11 is 3.85. The first-order valence-electron chi connectivity index (χ1n) is 24.1. The highest BCUT2D eigenvalue weighted by Gasteiger charge is 2.31. The van der Waals surface area contributed by atoms with Crippen LogP contribution in [-0.4, -0.2) is 99.0 Å². The smallest absolute Gasteiger partial charge is 0.238 e. The molecule has 352 valence electrons. The molecule has 16 nitrogen and oxygen atoms in total. The molecule has 18 heteroatoms. The molecule has 0 N–H and O–H groups in total. The molecule has 4 aliphatic rings. The molecule has 0 unspecified atom stereocenters. The Bertz CT molecular complexity index is 2800. The third kappa shape index (κ3) is 8.91. The fourth-order valence-electron chi connectivity index (χ4n) is 10.00. The van der Waals surface area contributed by atoms with Crippen LogP contribution in [0, 0.1) is 13.8 Å². The van der Waals surface area contributed by atoms with Crippen LogP contribution >= 0.6 is 22.7 Å². The summed E-state index contributed by atoms with van der Waals surface area (Å²) in [5, 5.41) is 12.5. The summed E-state index contributed by atoms with van der Waals surface area (Å²) in [5.74, 6) is 5.03. The highest BCUT2D eigenvalue weighted by atomic mass is 32.1. The summed E-state index contributed by atoms with van der Waals surface area (Å²) < 4.78 is 19.2. The Morgan fingerprint density at radius 2 is 0.941 bits per heavy atom. The fourth-order valence-corrected chi connectivity index (χ4v) is 12.4. The number of methoxy groups -OCH3 is 2. The highest BCUT2D eigenvalue weighted by molar-refractivity contribution is 7.16. The van der Waals surface area contributed by atoms with E-state index in [1.165, 1.54) is 84.5 Å². The number of hydrogen-bond donors (Lipinski definition) is 0. The monoisotopic (exact) mass is 950 g/mol. The van der Waals surface area contributed by atoms with Crippen molar-refractivity contribution >= 4 is 32.7 Å². The molecule has 2 fully saturated rings. The van der Waals surface area contributed by atoms with Crippen LogP contribution in [0.4, 0.5) is 10.0 Å². The van der Waals surface area contributed by atoms with Gasteiger partial charge < -0.3 is 28.4 Å². The number of aromatic nitrogens is 12. The van der Waals surface area contributed by atoms with E-state index < -0.39 is 0 Å². The van der Waals surface area contributed by atoms with Crippen LogP contribution in [0.2, 0.25) is 0 Å². The minimum Gasteiger partial charge on any atom is -0.479 e. The van der Waals surface area contributed by atoms with Crippen molar-refractivity contribution in [2.24, 2.45) is 0 Å². The average molecular weight is 951 g/mol. The molecule has 2 atom stereocenters. The number of rotatable bonds is 10. The van der Waals surface area contributed by atoms with Crippen molar-refractivity contribution in [2.75, 3.05) is 50.2 Å². The van der Waals surface area contributed by atoms with Gasteiger partial charge in [-0.3, -0.25) is 0 Å². The number of piperidine rings is 2. The summed E-state index contributed by atoms with van der Waals surface area (Å²) in [5.41, 5.74) is 5.02. The van der Waals surface area contributed by atoms with Crippen LogP contribution in [0.3, 0.4) is 0 Å². The summed E-state index contributed by atoms with van der Waals surface area (Å²) in [4.78, 5) is 35.9. The molecule has 0 saturated carbocycles. The first kappa shape index (κ1) is 44.1. The van der Waals surface area contributed by atoms with Crippen LogP contribution in [0.25, 0.3) is 34.4 Å². The minimum absolute atomic E-state index is 0.286. The molecule has 0 aromatic carbocycles. The number of imidazole rings is 2. The molecule has 0 radical (unpaired) electrons. The zero-order valence-corrected chi connectivity index (χ0v) is 40.9. The number of pyridine rings is 2. The van der Waals surface area contributed by atoms with E-state index in [2.05, 4.69) is 53.4 Å². The van der Waals surface area contributed by atoms with Gasteiger partial charge in [0, 0.05) is 61.4 Å². The summed E-state index contributed by atoms with van der Waals surface area (Å²) in [7, 11) is 3.27. The lowest BCUT2D eigenvalue weighted by Gasteiger charge is -2.27. The SMILES string of the molecule is COc1nc(-c2nc3n(n2)CCC[C@@H]3c2ccc(N3CCCCC3)s2)ccc1-n1cnc(C)c1.COc1nc(-c2nc3n(n2)CCC[C@H]3c2ccc(N3CCCCC3)s2)ccc1-n1cnc(C)c1. The topological polar surface area (TPSA) is 148 Å². The minimum atomic E-state index is 0.286. The van der Waals surface area contributed by atoms with Gasteiger partial charge in [0.1, 0.15) is 34.4 Å². The molecular weight excluding hydrogens is 893 g/mol. The van der Waals surface area contributed by atoms with E-state index in [1.54, 1.807) is 26.9 Å². The second kappa shape index (κ2) is 19.3. The lowest BCUT2D eigenvalue weighted by atomic mass is 9.97. The lowest BCUT2D eigenvalue weighted by Crippen LogP contribution is -2.28. The van der Waals surface area contributed by atoms with Crippen molar-refractivity contribution < 1.29 is 9.47 Å². The summed E-state index contributed by atoms with van der Waals surface area (Å²) in [6, 6.07) is 17.1. The van der Waals surface area contributed by atoms with Crippen molar-refractivity contribution in [2.45, 2.75) is 103 Å². The Balaban J connectivity index is 0.000000149. The zero-order valence-electron chi connectivity index (χ0n) is 39.3. The van der Waals surface area contributed by atoms with Crippen molar-refractivity contribution in [1.82, 2.24) is 58.6 Å². The Hall–Kier alpha value is -6.40. The van der Waals surface area contributed by atoms with Crippen molar-refractivity contribution in [3.8, 4) is 46.2 Å². The van der Waals surface area contributed by atoms with Gasteiger partial charge in [0.15, 0.2) is 11.6 Å². The predicted octanol–water partition coefficient (Wildman–Crippen LogP) is 9.64. The van der Waals surface area contributed by atoms with Crippen LogP contribution in [0.1, 0.15) is 109 Å². The molecule has 0 bridgehead atoms. The predicted molar refractivity (Wildman–Crippen MR) is 266 cm³/mol. The Labute approximate surface area is 404 Å². The van der Waals surface area contributed by atoms with Crippen molar-refractivity contribution in [3.05, 3.63) is 106 Å². The number of ether oxygens (including phenoxy) is 2. The van der Waals surface area contributed by atoms with Crippen molar-refractivity contribution in [3.63, 3.8) is 0 Å². The maximum absolute atomic E-state index is 5.60. The van der Waals surface area contributed by atoms with E-state index in [1.807, 2.05) is 82.3 Å². The van der Waals surface area contributed by atoms with Gasteiger partial charge in [-0.1, -0.05) is 0 Å². The van der Waals surface area contributed by atoms with Crippen LogP contribution in [0.5, 0.6) is 11.8 Å². The zero-order chi connectivity index (χ0) is 46.1. The van der Waals surface area contributed by atoms with Crippen LogP contribution < -0.4 is 19.3 Å². The summed E-state index contributed by atoms with van der Waals surface area (Å²) in [6.07, 6.45) is 19.8. The maximum Gasteiger partial charge on any atom is 0.238 e. The maximum atomic E-state index is 5.60. The third-order valence-electron chi connectivity index (χ3n) is 13.5. The van der Waals surface area contributed by atoms with Gasteiger partial charge in [-0.2, -0.15) is 0 Å². The van der Waals surface area contributed by atoms with Crippen molar-refractivity contribution in [1.29, 1.82) is 0 Å². The number of thiophene rings is 2. The van der Waals surface area contributed by atoms with Gasteiger partial charge in [0.05, 0.1) is 60.1 Å². The Kier molecular flexibility index (Phi) is 12.5. The molecule has 12 heterocycles. The number of hydrogen-bond acceptors (Lipinski definition) is 14. The third-order valence-corrected chi connectivity index (χ3v) is 16.0. The van der Waals surface area contributed by atoms with Gasteiger partial charge >= 0.3 is 0 Å². The molecule has 4 aliphatic heterocycles. The second-order valence-corrected chi connectivity index (χ2v) is 20.4. The van der Waals surface area contributed by atoms with E-state index in [0.717, 1.165) is 84.6 Å². The Morgan fingerprint density at radius 1 is 0.500 bits per heavy atom. The van der Waals surface area contributed by atoms with Crippen LogP contribution in [0.15, 0.2) is 73.6 Å². The lowest BCUT2D eigenvalue weighted by molar-refractivity contribution is 0.396. The molecule has 0 amide bonds. The highest BCUT2D eigenvalue weighted by Crippen LogP contribution is 2.42. The fraction of sp³-hybridized carbons (Fsp3) is 0.440. The first-order chi connectivity index (χ1) is 33.4. The Morgan fingerprint density at radius 3 is 1.34 bits per heavy atom. The standard InChI is InChI=1S/2C25H29N7OS/c2*1-17-15-31(16-26-17)20-9-8-19(27-25(20)33-2)23-28-24-18(7-6-14-32(24)29-23)21-10-11-22(34-21)30-12-4-3-5-13-30/h2*8-11,15-16,18H,3-7,12-14H2,1-2H3/t2*18-/m10/s1. The second-order valence-electron chi connectivity index (χ2n) is 18.2. The van der Waals surface area contributed by atoms with E-state index in [-0.39, 0.29) is 11.8 Å². The van der Waals surface area contributed by atoms with Gasteiger partial charge in [-0.05, 0) is 127 Å². The molecule has 8 aromatic heterocycles. The average Bonchev–Trinajstić information content (AvgIpc) is 4.26. The van der Waals surface area contributed by atoms with Gasteiger partial charge in [-0.15, -0.1) is 32.9 Å². The largest absolute Gasteiger partial charge is 0.479 e. The molecule has 0 spiro atoms. The normalized spacial score (nSPS) is 18.2. The molecule has 8 aromatic rings. The molecular formula is C50H58N14O2S2. The number of nitrogens with zero attached hydrogens (tertiary/aromatic N) is 14. The first-order valence-corrected chi connectivity index (χ1v) is 25.7.